The van der Waals surface area contributed by atoms with Crippen molar-refractivity contribution in [3.05, 3.63) is 225 Å². The highest BCUT2D eigenvalue weighted by Crippen LogP contribution is 2.43. The molecule has 0 unspecified atom stereocenters. The largest absolute Gasteiger partial charge is 0.309 e. The third kappa shape index (κ3) is 6.42. The van der Waals surface area contributed by atoms with Crippen molar-refractivity contribution in [2.24, 2.45) is 0 Å². The zero-order valence-electron chi connectivity index (χ0n) is 34.1. The Balaban J connectivity index is 1.03. The van der Waals surface area contributed by atoms with Crippen molar-refractivity contribution in [1.82, 2.24) is 24.5 Å². The van der Waals surface area contributed by atoms with Crippen LogP contribution < -0.4 is 0 Å². The van der Waals surface area contributed by atoms with Gasteiger partial charge in [0.1, 0.15) is 0 Å². The van der Waals surface area contributed by atoms with Gasteiger partial charge in [-0.1, -0.05) is 152 Å². The average Bonchev–Trinajstić information content (AvgIpc) is 3.71. The lowest BCUT2D eigenvalue weighted by atomic mass is 9.96. The van der Waals surface area contributed by atoms with E-state index in [0.717, 1.165) is 100 Å². The van der Waals surface area contributed by atoms with E-state index >= 15 is 0 Å². The van der Waals surface area contributed by atoms with Crippen LogP contribution in [0.4, 0.5) is 0 Å². The summed E-state index contributed by atoms with van der Waals surface area (Å²) >= 11 is 0. The van der Waals surface area contributed by atoms with Gasteiger partial charge in [-0.15, -0.1) is 0 Å². The number of para-hydroxylation sites is 2. The number of aromatic nitrogens is 5. The fraction of sp³-hybridized carbons (Fsp3) is 0. The van der Waals surface area contributed by atoms with Gasteiger partial charge in [0.25, 0.3) is 0 Å². The molecular formula is C58H37N5. The Morgan fingerprint density at radius 3 is 1.78 bits per heavy atom. The molecule has 7 aromatic carbocycles. The summed E-state index contributed by atoms with van der Waals surface area (Å²) in [6.45, 7) is 0. The van der Waals surface area contributed by atoms with Gasteiger partial charge >= 0.3 is 0 Å². The van der Waals surface area contributed by atoms with Crippen molar-refractivity contribution in [3.63, 3.8) is 0 Å². The van der Waals surface area contributed by atoms with Gasteiger partial charge in [0, 0.05) is 67.3 Å². The van der Waals surface area contributed by atoms with Crippen molar-refractivity contribution in [2.75, 3.05) is 0 Å². The molecule has 0 N–H and O–H groups in total. The summed E-state index contributed by atoms with van der Waals surface area (Å²) in [5.74, 6) is 0. The molecule has 0 saturated heterocycles. The molecule has 0 amide bonds. The van der Waals surface area contributed by atoms with E-state index < -0.39 is 0 Å². The van der Waals surface area contributed by atoms with Gasteiger partial charge in [0.2, 0.25) is 0 Å². The van der Waals surface area contributed by atoms with E-state index in [1.807, 2.05) is 36.7 Å². The van der Waals surface area contributed by atoms with E-state index in [-0.39, 0.29) is 0 Å². The molecule has 0 aliphatic heterocycles. The first-order valence-corrected chi connectivity index (χ1v) is 21.2. The van der Waals surface area contributed by atoms with Crippen LogP contribution >= 0.6 is 0 Å². The second-order valence-electron chi connectivity index (χ2n) is 15.8. The van der Waals surface area contributed by atoms with Crippen molar-refractivity contribution >= 4 is 43.5 Å². The third-order valence-electron chi connectivity index (χ3n) is 12.1. The number of hydrogen-bond acceptors (Lipinski definition) is 4. The Morgan fingerprint density at radius 2 is 1.00 bits per heavy atom. The molecule has 0 fully saturated rings. The maximum Gasteiger partial charge on any atom is 0.0899 e. The van der Waals surface area contributed by atoms with Crippen LogP contribution in [0.25, 0.3) is 117 Å². The predicted octanol–water partition coefficient (Wildman–Crippen LogP) is 14.7. The van der Waals surface area contributed by atoms with Gasteiger partial charge in [-0.05, 0) is 77.4 Å². The van der Waals surface area contributed by atoms with E-state index in [1.165, 1.54) is 16.2 Å². The normalized spacial score (nSPS) is 11.5. The second-order valence-corrected chi connectivity index (χ2v) is 15.8. The lowest BCUT2D eigenvalue weighted by Gasteiger charge is -2.14. The van der Waals surface area contributed by atoms with E-state index in [1.54, 1.807) is 0 Å². The molecule has 0 bridgehead atoms. The molecule has 12 aromatic rings. The maximum atomic E-state index is 5.25. The smallest absolute Gasteiger partial charge is 0.0899 e. The first kappa shape index (κ1) is 36.3. The number of nitrogens with zero attached hydrogens (tertiary/aromatic N) is 5. The molecule has 0 aliphatic rings. The third-order valence-corrected chi connectivity index (χ3v) is 12.1. The number of fused-ring (bicyclic) bond motifs is 7. The number of hydrogen-bond donors (Lipinski definition) is 0. The molecule has 0 spiro atoms. The molecule has 63 heavy (non-hydrogen) atoms. The Hall–Kier alpha value is -8.54. The van der Waals surface area contributed by atoms with Gasteiger partial charge in [-0.3, -0.25) is 9.97 Å². The van der Waals surface area contributed by atoms with Crippen LogP contribution in [-0.4, -0.2) is 24.5 Å². The van der Waals surface area contributed by atoms with Crippen molar-refractivity contribution < 1.29 is 0 Å². The summed E-state index contributed by atoms with van der Waals surface area (Å²) in [5, 5.41) is 5.92. The molecule has 0 aliphatic carbocycles. The summed E-state index contributed by atoms with van der Waals surface area (Å²) in [7, 11) is 0. The number of benzene rings is 7. The summed E-state index contributed by atoms with van der Waals surface area (Å²) in [6, 6.07) is 74.6. The zero-order valence-corrected chi connectivity index (χ0v) is 34.1. The summed E-state index contributed by atoms with van der Waals surface area (Å²) in [6.07, 6.45) is 3.77. The molecule has 294 valence electrons. The second kappa shape index (κ2) is 15.2. The molecule has 5 heteroatoms. The molecule has 0 saturated carbocycles. The van der Waals surface area contributed by atoms with E-state index in [2.05, 4.69) is 198 Å². The van der Waals surface area contributed by atoms with Crippen LogP contribution in [-0.2, 0) is 0 Å². The van der Waals surface area contributed by atoms with Gasteiger partial charge in [0.05, 0.1) is 45.0 Å². The maximum absolute atomic E-state index is 5.25. The molecule has 5 heterocycles. The van der Waals surface area contributed by atoms with Crippen LogP contribution in [0.5, 0.6) is 0 Å². The fourth-order valence-electron chi connectivity index (χ4n) is 9.09. The van der Waals surface area contributed by atoms with Gasteiger partial charge in [0.15, 0.2) is 0 Å². The van der Waals surface area contributed by atoms with Gasteiger partial charge in [-0.2, -0.15) is 0 Å². The Kier molecular flexibility index (Phi) is 8.75. The quantitative estimate of drug-likeness (QED) is 0.151. The average molecular weight is 804 g/mol. The van der Waals surface area contributed by atoms with Gasteiger partial charge in [-0.25, -0.2) is 9.97 Å². The van der Waals surface area contributed by atoms with Crippen molar-refractivity contribution in [2.45, 2.75) is 0 Å². The minimum absolute atomic E-state index is 0.805. The molecule has 12 rings (SSSR count). The summed E-state index contributed by atoms with van der Waals surface area (Å²) in [4.78, 5) is 20.0. The highest BCUT2D eigenvalue weighted by molar-refractivity contribution is 6.29. The van der Waals surface area contributed by atoms with Crippen LogP contribution in [0.2, 0.25) is 0 Å². The SMILES string of the molecule is c1ccc(-c2ccc(-c3cc(-c4cccc(-n5c6ccccc6c6c7c(ccc65)c(-c5ccccc5)nc5ccccc57)c4)cc(-c4ccc(-c5ccccn5)cc4)n3)nc2)cc1. The molecule has 5 nitrogen and oxygen atoms in total. The predicted molar refractivity (Wildman–Crippen MR) is 260 cm³/mol. The first-order valence-electron chi connectivity index (χ1n) is 21.2. The minimum Gasteiger partial charge on any atom is -0.309 e. The monoisotopic (exact) mass is 803 g/mol. The standard InChI is InChI=1S/C58H37N5/c1-3-14-38(15-4-1)43-29-31-51(60-37-43)53-36-44(35-52(61-53)40-27-25-39(26-28-40)49-22-11-12-33-59-49)42-18-13-19-45(34-42)63-54-24-10-8-21-47(54)57-55(63)32-30-48-56(57)46-20-7-9-23-50(46)62-58(48)41-16-5-2-6-17-41/h1-37H. The van der Waals surface area contributed by atoms with Crippen LogP contribution in [0.15, 0.2) is 225 Å². The lowest BCUT2D eigenvalue weighted by molar-refractivity contribution is 1.18. The Bertz CT molecular complexity index is 3540. The molecule has 0 atom stereocenters. The van der Waals surface area contributed by atoms with Gasteiger partial charge < -0.3 is 4.57 Å². The first-order chi connectivity index (χ1) is 31.2. The van der Waals surface area contributed by atoms with E-state index in [0.29, 0.717) is 0 Å². The summed E-state index contributed by atoms with van der Waals surface area (Å²) in [5.41, 5.74) is 16.2. The number of rotatable bonds is 7. The molecule has 0 radical (unpaired) electrons. The lowest BCUT2D eigenvalue weighted by Crippen LogP contribution is -1.96. The highest BCUT2D eigenvalue weighted by atomic mass is 15.0. The zero-order chi connectivity index (χ0) is 41.7. The Morgan fingerprint density at radius 1 is 0.317 bits per heavy atom. The highest BCUT2D eigenvalue weighted by Gasteiger charge is 2.20. The van der Waals surface area contributed by atoms with Crippen LogP contribution in [0.3, 0.4) is 0 Å². The topological polar surface area (TPSA) is 56.5 Å². The minimum atomic E-state index is 0.805. The van der Waals surface area contributed by atoms with Crippen LogP contribution in [0, 0.1) is 0 Å². The molecule has 5 aromatic heterocycles. The summed E-state index contributed by atoms with van der Waals surface area (Å²) < 4.78 is 2.41. The van der Waals surface area contributed by atoms with E-state index in [4.69, 9.17) is 15.0 Å². The molecular weight excluding hydrogens is 767 g/mol. The van der Waals surface area contributed by atoms with Crippen molar-refractivity contribution in [1.29, 1.82) is 0 Å². The number of pyridine rings is 4. The fourth-order valence-corrected chi connectivity index (χ4v) is 9.09. The van der Waals surface area contributed by atoms with E-state index in [9.17, 15) is 0 Å². The van der Waals surface area contributed by atoms with Crippen molar-refractivity contribution in [3.8, 4) is 73.1 Å². The Labute approximate surface area is 364 Å². The van der Waals surface area contributed by atoms with Crippen LogP contribution in [0.1, 0.15) is 0 Å².